The lowest BCUT2D eigenvalue weighted by Crippen LogP contribution is -2.44. The maximum atomic E-state index is 5.79. The van der Waals surface area contributed by atoms with Crippen molar-refractivity contribution in [1.29, 1.82) is 0 Å². The van der Waals surface area contributed by atoms with E-state index >= 15 is 0 Å². The van der Waals surface area contributed by atoms with E-state index in [1.54, 1.807) is 0 Å². The van der Waals surface area contributed by atoms with E-state index in [-0.39, 0.29) is 5.72 Å². The number of rotatable bonds is 4. The van der Waals surface area contributed by atoms with Crippen LogP contribution in [0.15, 0.2) is 30.3 Å². The van der Waals surface area contributed by atoms with Crippen molar-refractivity contribution >= 4 is 0 Å². The van der Waals surface area contributed by atoms with E-state index in [0.717, 1.165) is 12.2 Å². The van der Waals surface area contributed by atoms with Crippen molar-refractivity contribution in [2.24, 2.45) is 0 Å². The molecule has 0 aliphatic heterocycles. The van der Waals surface area contributed by atoms with Gasteiger partial charge in [-0.25, -0.2) is 0 Å². The second-order valence-electron chi connectivity index (χ2n) is 3.25. The molecule has 0 saturated heterocycles. The lowest BCUT2D eigenvalue weighted by molar-refractivity contribution is 0.0562. The molecule has 0 saturated carbocycles. The van der Waals surface area contributed by atoms with E-state index in [9.17, 15) is 0 Å². The Morgan fingerprint density at radius 1 is 1.31 bits per heavy atom. The summed E-state index contributed by atoms with van der Waals surface area (Å²) in [6, 6.07) is 9.86. The van der Waals surface area contributed by atoms with Crippen LogP contribution in [0.2, 0.25) is 0 Å². The highest BCUT2D eigenvalue weighted by Gasteiger charge is 2.20. The van der Waals surface area contributed by atoms with Gasteiger partial charge in [0.1, 0.15) is 5.75 Å². The molecule has 0 spiro atoms. The number of hydrogen-bond acceptors (Lipinski definition) is 2. The molecule has 1 aromatic rings. The molecular weight excluding hydrogens is 162 g/mol. The van der Waals surface area contributed by atoms with E-state index in [1.807, 2.05) is 44.3 Å². The summed E-state index contributed by atoms with van der Waals surface area (Å²) in [6.07, 6.45) is 0.929. The molecule has 13 heavy (non-hydrogen) atoms. The van der Waals surface area contributed by atoms with E-state index in [0.29, 0.717) is 0 Å². The van der Waals surface area contributed by atoms with Crippen molar-refractivity contribution in [2.45, 2.75) is 26.0 Å². The van der Waals surface area contributed by atoms with Crippen molar-refractivity contribution in [3.05, 3.63) is 30.3 Å². The lowest BCUT2D eigenvalue weighted by atomic mass is 10.2. The Morgan fingerprint density at radius 3 is 2.38 bits per heavy atom. The molecule has 72 valence electrons. The third kappa shape index (κ3) is 2.74. The fourth-order valence-corrected chi connectivity index (χ4v) is 1.05. The summed E-state index contributed by atoms with van der Waals surface area (Å²) >= 11 is 0. The van der Waals surface area contributed by atoms with E-state index in [4.69, 9.17) is 4.74 Å². The van der Waals surface area contributed by atoms with Gasteiger partial charge in [-0.1, -0.05) is 25.1 Å². The van der Waals surface area contributed by atoms with Crippen molar-refractivity contribution in [3.8, 4) is 5.75 Å². The molecular formula is C11H17NO. The summed E-state index contributed by atoms with van der Waals surface area (Å²) in [6.45, 7) is 4.14. The molecule has 0 aliphatic carbocycles. The van der Waals surface area contributed by atoms with Crippen LogP contribution in [-0.2, 0) is 0 Å². The maximum absolute atomic E-state index is 5.79. The number of ether oxygens (including phenoxy) is 1. The van der Waals surface area contributed by atoms with Gasteiger partial charge in [0.2, 0.25) is 0 Å². The van der Waals surface area contributed by atoms with Crippen molar-refractivity contribution in [3.63, 3.8) is 0 Å². The van der Waals surface area contributed by atoms with Crippen LogP contribution in [-0.4, -0.2) is 12.8 Å². The molecule has 0 aromatic heterocycles. The quantitative estimate of drug-likeness (QED) is 0.717. The second-order valence-corrected chi connectivity index (χ2v) is 3.25. The second kappa shape index (κ2) is 4.28. The van der Waals surface area contributed by atoms with Crippen LogP contribution in [0.1, 0.15) is 20.3 Å². The van der Waals surface area contributed by atoms with Crippen molar-refractivity contribution in [2.75, 3.05) is 7.05 Å². The molecule has 0 heterocycles. The van der Waals surface area contributed by atoms with Crippen LogP contribution < -0.4 is 10.1 Å². The molecule has 1 atom stereocenters. The van der Waals surface area contributed by atoms with Crippen LogP contribution in [0.25, 0.3) is 0 Å². The van der Waals surface area contributed by atoms with Gasteiger partial charge in [0, 0.05) is 0 Å². The predicted molar refractivity (Wildman–Crippen MR) is 54.8 cm³/mol. The Balaban J connectivity index is 2.68. The molecule has 2 heteroatoms. The van der Waals surface area contributed by atoms with Crippen LogP contribution in [0.4, 0.5) is 0 Å². The van der Waals surface area contributed by atoms with E-state index < -0.39 is 0 Å². The smallest absolute Gasteiger partial charge is 0.157 e. The van der Waals surface area contributed by atoms with Crippen LogP contribution in [0, 0.1) is 0 Å². The summed E-state index contributed by atoms with van der Waals surface area (Å²) in [4.78, 5) is 0. The summed E-state index contributed by atoms with van der Waals surface area (Å²) in [5.41, 5.74) is -0.263. The van der Waals surface area contributed by atoms with Gasteiger partial charge in [0.15, 0.2) is 5.72 Å². The third-order valence-corrected chi connectivity index (χ3v) is 2.29. The zero-order valence-electron chi connectivity index (χ0n) is 8.50. The normalized spacial score (nSPS) is 15.0. The first-order chi connectivity index (χ1) is 6.20. The largest absolute Gasteiger partial charge is 0.473 e. The summed E-state index contributed by atoms with van der Waals surface area (Å²) in [7, 11) is 1.91. The minimum atomic E-state index is -0.263. The fraction of sp³-hybridized carbons (Fsp3) is 0.455. The molecule has 1 aromatic carbocycles. The minimum Gasteiger partial charge on any atom is -0.473 e. The molecule has 0 bridgehead atoms. The lowest BCUT2D eigenvalue weighted by Gasteiger charge is -2.28. The summed E-state index contributed by atoms with van der Waals surface area (Å²) in [5, 5.41) is 3.15. The van der Waals surface area contributed by atoms with Gasteiger partial charge in [-0.15, -0.1) is 0 Å². The molecule has 0 radical (unpaired) electrons. The van der Waals surface area contributed by atoms with Crippen LogP contribution in [0.3, 0.4) is 0 Å². The monoisotopic (exact) mass is 179 g/mol. The minimum absolute atomic E-state index is 0.263. The van der Waals surface area contributed by atoms with Gasteiger partial charge in [0.05, 0.1) is 0 Å². The van der Waals surface area contributed by atoms with Gasteiger partial charge >= 0.3 is 0 Å². The Hall–Kier alpha value is -1.02. The predicted octanol–water partition coefficient (Wildman–Crippen LogP) is 2.41. The Kier molecular flexibility index (Phi) is 3.32. The topological polar surface area (TPSA) is 21.3 Å². The number of nitrogens with one attached hydrogen (secondary N) is 1. The SMILES string of the molecule is CCC(C)(NC)Oc1ccccc1. The summed E-state index contributed by atoms with van der Waals surface area (Å²) < 4.78 is 5.79. The van der Waals surface area contributed by atoms with Gasteiger partial charge in [-0.2, -0.15) is 0 Å². The van der Waals surface area contributed by atoms with E-state index in [2.05, 4.69) is 12.2 Å². The Morgan fingerprint density at radius 2 is 1.92 bits per heavy atom. The van der Waals surface area contributed by atoms with Crippen molar-refractivity contribution < 1.29 is 4.74 Å². The fourth-order valence-electron chi connectivity index (χ4n) is 1.05. The third-order valence-electron chi connectivity index (χ3n) is 2.29. The number of hydrogen-bond donors (Lipinski definition) is 1. The summed E-state index contributed by atoms with van der Waals surface area (Å²) in [5.74, 6) is 0.904. The average molecular weight is 179 g/mol. The zero-order valence-corrected chi connectivity index (χ0v) is 8.50. The Labute approximate surface area is 79.9 Å². The van der Waals surface area contributed by atoms with Crippen molar-refractivity contribution in [1.82, 2.24) is 5.32 Å². The molecule has 1 N–H and O–H groups in total. The van der Waals surface area contributed by atoms with Gasteiger partial charge in [0.25, 0.3) is 0 Å². The Bertz CT molecular complexity index is 242. The number of para-hydroxylation sites is 1. The van der Waals surface area contributed by atoms with Gasteiger partial charge < -0.3 is 4.74 Å². The van der Waals surface area contributed by atoms with Crippen LogP contribution >= 0.6 is 0 Å². The standard InChI is InChI=1S/C11H17NO/c1-4-11(2,12-3)13-10-8-6-5-7-9-10/h5-9,12H,4H2,1-3H3. The van der Waals surface area contributed by atoms with E-state index in [1.165, 1.54) is 0 Å². The van der Waals surface area contributed by atoms with Gasteiger partial charge in [-0.3, -0.25) is 5.32 Å². The first-order valence-electron chi connectivity index (χ1n) is 4.63. The molecule has 1 rings (SSSR count). The molecule has 1 unspecified atom stereocenters. The molecule has 0 amide bonds. The van der Waals surface area contributed by atoms with Crippen LogP contribution in [0.5, 0.6) is 5.75 Å². The highest BCUT2D eigenvalue weighted by atomic mass is 16.5. The highest BCUT2D eigenvalue weighted by Crippen LogP contribution is 2.17. The first kappa shape index (κ1) is 10.1. The van der Waals surface area contributed by atoms with Gasteiger partial charge in [-0.05, 0) is 32.5 Å². The molecule has 2 nitrogen and oxygen atoms in total. The first-order valence-corrected chi connectivity index (χ1v) is 4.63. The average Bonchev–Trinajstić information content (AvgIpc) is 2.19. The maximum Gasteiger partial charge on any atom is 0.157 e. The highest BCUT2D eigenvalue weighted by molar-refractivity contribution is 5.21. The number of benzene rings is 1. The molecule has 0 aliphatic rings. The molecule has 0 fully saturated rings. The zero-order chi connectivity index (χ0) is 9.73.